The molecule has 1 aliphatic rings. The second-order valence-electron chi connectivity index (χ2n) is 5.95. The second kappa shape index (κ2) is 4.63. The molecule has 0 aliphatic heterocycles. The van der Waals surface area contributed by atoms with Gasteiger partial charge < -0.3 is 5.32 Å². The van der Waals surface area contributed by atoms with E-state index in [1.165, 1.54) is 18.5 Å². The molecule has 2 rings (SSSR count). The maximum atomic E-state index is 4.72. The first-order valence-corrected chi connectivity index (χ1v) is 6.64. The molecule has 1 heterocycles. The fraction of sp³-hybridized carbons (Fsp3) is 0.714. The number of aromatic nitrogens is 2. The normalized spacial score (nSPS) is 16.0. The van der Waals surface area contributed by atoms with Gasteiger partial charge in [0.1, 0.15) is 11.6 Å². The van der Waals surface area contributed by atoms with Crippen LogP contribution in [-0.4, -0.2) is 16.5 Å². The lowest BCUT2D eigenvalue weighted by Gasteiger charge is -2.19. The van der Waals surface area contributed by atoms with E-state index in [4.69, 9.17) is 4.98 Å². The molecular weight excluding hydrogens is 210 g/mol. The number of hydrogen-bond donors (Lipinski definition) is 1. The summed E-state index contributed by atoms with van der Waals surface area (Å²) < 4.78 is 0. The molecule has 1 fully saturated rings. The van der Waals surface area contributed by atoms with Crippen LogP contribution in [0, 0.1) is 0 Å². The van der Waals surface area contributed by atoms with Crippen molar-refractivity contribution in [3.8, 4) is 0 Å². The van der Waals surface area contributed by atoms with Gasteiger partial charge in [-0.3, -0.25) is 0 Å². The largest absolute Gasteiger partial charge is 0.370 e. The molecule has 1 aromatic rings. The van der Waals surface area contributed by atoms with Crippen molar-refractivity contribution < 1.29 is 0 Å². The number of nitrogens with one attached hydrogen (secondary N) is 1. The molecule has 0 unspecified atom stereocenters. The van der Waals surface area contributed by atoms with Crippen LogP contribution in [0.5, 0.6) is 0 Å². The molecule has 0 atom stereocenters. The van der Waals surface area contributed by atoms with Crippen molar-refractivity contribution in [2.75, 3.05) is 11.9 Å². The Morgan fingerprint density at radius 1 is 1.29 bits per heavy atom. The summed E-state index contributed by atoms with van der Waals surface area (Å²) in [6, 6.07) is 2.13. The van der Waals surface area contributed by atoms with Crippen molar-refractivity contribution in [2.45, 2.75) is 58.3 Å². The van der Waals surface area contributed by atoms with Gasteiger partial charge in [-0.1, -0.05) is 27.7 Å². The number of nitrogens with zero attached hydrogens (tertiary/aromatic N) is 2. The highest BCUT2D eigenvalue weighted by molar-refractivity contribution is 5.39. The first kappa shape index (κ1) is 12.3. The van der Waals surface area contributed by atoms with E-state index in [0.29, 0.717) is 5.92 Å². The molecule has 0 bridgehead atoms. The van der Waals surface area contributed by atoms with Gasteiger partial charge in [-0.25, -0.2) is 9.97 Å². The Balaban J connectivity index is 2.28. The average molecular weight is 233 g/mol. The zero-order chi connectivity index (χ0) is 12.5. The fourth-order valence-corrected chi connectivity index (χ4v) is 1.73. The highest BCUT2D eigenvalue weighted by atomic mass is 15.0. The fourth-order valence-electron chi connectivity index (χ4n) is 1.73. The third-order valence-electron chi connectivity index (χ3n) is 2.97. The Morgan fingerprint density at radius 2 is 2.00 bits per heavy atom. The standard InChI is InChI=1S/C14H23N3/c1-5-8-15-12-9-11(10-6-7-10)16-13(17-12)14(2,3)4/h9-10H,5-8H2,1-4H3,(H,15,16,17). The van der Waals surface area contributed by atoms with Crippen molar-refractivity contribution in [3.63, 3.8) is 0 Å². The van der Waals surface area contributed by atoms with E-state index in [1.807, 2.05) is 0 Å². The molecule has 1 saturated carbocycles. The summed E-state index contributed by atoms with van der Waals surface area (Å²) in [4.78, 5) is 9.35. The van der Waals surface area contributed by atoms with E-state index in [9.17, 15) is 0 Å². The Morgan fingerprint density at radius 3 is 2.53 bits per heavy atom. The van der Waals surface area contributed by atoms with Gasteiger partial charge in [0.25, 0.3) is 0 Å². The average Bonchev–Trinajstić information content (AvgIpc) is 3.08. The molecule has 1 aromatic heterocycles. The van der Waals surface area contributed by atoms with Gasteiger partial charge in [-0.05, 0) is 19.3 Å². The molecule has 0 radical (unpaired) electrons. The van der Waals surface area contributed by atoms with Crippen molar-refractivity contribution in [3.05, 3.63) is 17.6 Å². The molecule has 17 heavy (non-hydrogen) atoms. The molecule has 0 spiro atoms. The molecule has 94 valence electrons. The summed E-state index contributed by atoms with van der Waals surface area (Å²) in [6.45, 7) is 9.65. The quantitative estimate of drug-likeness (QED) is 0.865. The Bertz CT molecular complexity index is 389. The molecule has 0 saturated heterocycles. The monoisotopic (exact) mass is 233 g/mol. The van der Waals surface area contributed by atoms with Crippen molar-refractivity contribution in [2.24, 2.45) is 0 Å². The Labute approximate surface area is 104 Å². The van der Waals surface area contributed by atoms with Gasteiger partial charge in [0.2, 0.25) is 0 Å². The van der Waals surface area contributed by atoms with Crippen LogP contribution in [0.3, 0.4) is 0 Å². The first-order chi connectivity index (χ1) is 8.00. The van der Waals surface area contributed by atoms with Gasteiger partial charge >= 0.3 is 0 Å². The van der Waals surface area contributed by atoms with Crippen LogP contribution in [0.1, 0.15) is 64.4 Å². The van der Waals surface area contributed by atoms with Crippen LogP contribution < -0.4 is 5.32 Å². The summed E-state index contributed by atoms with van der Waals surface area (Å²) in [5.74, 6) is 2.63. The zero-order valence-electron chi connectivity index (χ0n) is 11.4. The van der Waals surface area contributed by atoms with Crippen molar-refractivity contribution >= 4 is 5.82 Å². The highest BCUT2D eigenvalue weighted by Crippen LogP contribution is 2.40. The predicted molar refractivity (Wildman–Crippen MR) is 71.5 cm³/mol. The second-order valence-corrected chi connectivity index (χ2v) is 5.95. The lowest BCUT2D eigenvalue weighted by atomic mass is 9.95. The van der Waals surface area contributed by atoms with Gasteiger partial charge in [-0.15, -0.1) is 0 Å². The summed E-state index contributed by atoms with van der Waals surface area (Å²) in [7, 11) is 0. The molecule has 1 N–H and O–H groups in total. The van der Waals surface area contributed by atoms with Crippen LogP contribution in [0.4, 0.5) is 5.82 Å². The number of anilines is 1. The van der Waals surface area contributed by atoms with Crippen LogP contribution >= 0.6 is 0 Å². The summed E-state index contributed by atoms with van der Waals surface area (Å²) >= 11 is 0. The van der Waals surface area contributed by atoms with E-state index in [2.05, 4.69) is 44.1 Å². The van der Waals surface area contributed by atoms with Crippen LogP contribution in [0.25, 0.3) is 0 Å². The van der Waals surface area contributed by atoms with Gasteiger partial charge in [-0.2, -0.15) is 0 Å². The van der Waals surface area contributed by atoms with Gasteiger partial charge in [0, 0.05) is 29.6 Å². The predicted octanol–water partition coefficient (Wildman–Crippen LogP) is 3.47. The molecule has 3 nitrogen and oxygen atoms in total. The summed E-state index contributed by atoms with van der Waals surface area (Å²) in [5.41, 5.74) is 1.25. The molecule has 1 aliphatic carbocycles. The smallest absolute Gasteiger partial charge is 0.136 e. The van der Waals surface area contributed by atoms with Crippen LogP contribution in [0.2, 0.25) is 0 Å². The minimum absolute atomic E-state index is 0.0214. The van der Waals surface area contributed by atoms with Gasteiger partial charge in [0.15, 0.2) is 0 Å². The van der Waals surface area contributed by atoms with Crippen molar-refractivity contribution in [1.29, 1.82) is 0 Å². The SMILES string of the molecule is CCCNc1cc(C2CC2)nc(C(C)(C)C)n1. The van der Waals surface area contributed by atoms with E-state index < -0.39 is 0 Å². The Kier molecular flexibility index (Phi) is 3.36. The minimum Gasteiger partial charge on any atom is -0.370 e. The maximum absolute atomic E-state index is 4.72. The third-order valence-corrected chi connectivity index (χ3v) is 2.97. The van der Waals surface area contributed by atoms with Gasteiger partial charge in [0.05, 0.1) is 0 Å². The van der Waals surface area contributed by atoms with E-state index in [1.54, 1.807) is 0 Å². The maximum Gasteiger partial charge on any atom is 0.136 e. The molecule has 3 heteroatoms. The van der Waals surface area contributed by atoms with Crippen LogP contribution in [-0.2, 0) is 5.41 Å². The molecule has 0 amide bonds. The van der Waals surface area contributed by atoms with E-state index in [-0.39, 0.29) is 5.41 Å². The first-order valence-electron chi connectivity index (χ1n) is 6.64. The van der Waals surface area contributed by atoms with E-state index in [0.717, 1.165) is 24.6 Å². The number of rotatable bonds is 4. The zero-order valence-corrected chi connectivity index (χ0v) is 11.4. The third kappa shape index (κ3) is 3.18. The molecular formula is C14H23N3. The van der Waals surface area contributed by atoms with Crippen LogP contribution in [0.15, 0.2) is 6.07 Å². The van der Waals surface area contributed by atoms with Crippen molar-refractivity contribution in [1.82, 2.24) is 9.97 Å². The lowest BCUT2D eigenvalue weighted by Crippen LogP contribution is -2.18. The summed E-state index contributed by atoms with van der Waals surface area (Å²) in [5, 5.41) is 3.38. The number of hydrogen-bond acceptors (Lipinski definition) is 3. The summed E-state index contributed by atoms with van der Waals surface area (Å²) in [6.07, 6.45) is 3.69. The topological polar surface area (TPSA) is 37.8 Å². The Hall–Kier alpha value is -1.12. The minimum atomic E-state index is 0.0214. The van der Waals surface area contributed by atoms with E-state index >= 15 is 0 Å². The highest BCUT2D eigenvalue weighted by Gasteiger charge is 2.28. The lowest BCUT2D eigenvalue weighted by molar-refractivity contribution is 0.542. The molecule has 0 aromatic carbocycles.